The molecule has 2 saturated heterocycles. The summed E-state index contributed by atoms with van der Waals surface area (Å²) in [5, 5.41) is 12.1. The Hall–Kier alpha value is -1.10. The van der Waals surface area contributed by atoms with Crippen LogP contribution >= 0.6 is 0 Å². The first kappa shape index (κ1) is 13.3. The fourth-order valence-electron chi connectivity index (χ4n) is 3.14. The molecule has 0 aromatic carbocycles. The van der Waals surface area contributed by atoms with E-state index < -0.39 is 5.97 Å². The summed E-state index contributed by atoms with van der Waals surface area (Å²) in [7, 11) is 0. The van der Waals surface area contributed by atoms with E-state index in [0.717, 1.165) is 32.5 Å². The molecule has 2 heterocycles. The summed E-state index contributed by atoms with van der Waals surface area (Å²) in [4.78, 5) is 24.7. The first-order valence-electron chi connectivity index (χ1n) is 6.90. The second kappa shape index (κ2) is 6.18. The Kier molecular flexibility index (Phi) is 4.58. The van der Waals surface area contributed by atoms with Crippen molar-refractivity contribution in [2.24, 2.45) is 5.92 Å². The van der Waals surface area contributed by atoms with Gasteiger partial charge in [0.2, 0.25) is 5.91 Å². The predicted octanol–water partition coefficient (Wildman–Crippen LogP) is 0.842. The molecule has 2 aliphatic heterocycles. The van der Waals surface area contributed by atoms with Gasteiger partial charge < -0.3 is 15.3 Å². The van der Waals surface area contributed by atoms with Crippen LogP contribution in [0.5, 0.6) is 0 Å². The summed E-state index contributed by atoms with van der Waals surface area (Å²) in [6.07, 6.45) is 4.50. The van der Waals surface area contributed by atoms with E-state index in [0.29, 0.717) is 12.0 Å². The van der Waals surface area contributed by atoms with Crippen molar-refractivity contribution < 1.29 is 14.7 Å². The van der Waals surface area contributed by atoms with Crippen LogP contribution in [0.3, 0.4) is 0 Å². The van der Waals surface area contributed by atoms with E-state index >= 15 is 0 Å². The molecule has 0 bridgehead atoms. The molecule has 0 saturated carbocycles. The molecule has 0 aromatic rings. The number of hydrogen-bond acceptors (Lipinski definition) is 3. The Balaban J connectivity index is 1.99. The average molecular weight is 254 g/mol. The van der Waals surface area contributed by atoms with Gasteiger partial charge in [0.15, 0.2) is 0 Å². The highest BCUT2D eigenvalue weighted by Gasteiger charge is 2.33. The molecule has 0 aliphatic carbocycles. The van der Waals surface area contributed by atoms with Crippen molar-refractivity contribution in [2.45, 2.75) is 44.6 Å². The van der Waals surface area contributed by atoms with Crippen LogP contribution in [0.25, 0.3) is 0 Å². The maximum absolute atomic E-state index is 12.2. The minimum Gasteiger partial charge on any atom is -0.481 e. The summed E-state index contributed by atoms with van der Waals surface area (Å²) in [6.45, 7) is 2.76. The Labute approximate surface area is 108 Å². The molecule has 1 amide bonds. The van der Waals surface area contributed by atoms with Crippen LogP contribution in [0.2, 0.25) is 0 Å². The molecule has 0 unspecified atom stereocenters. The van der Waals surface area contributed by atoms with Crippen molar-refractivity contribution in [1.29, 1.82) is 0 Å². The molecule has 5 nitrogen and oxygen atoms in total. The number of nitrogens with zero attached hydrogens (tertiary/aromatic N) is 1. The van der Waals surface area contributed by atoms with Crippen molar-refractivity contribution in [3.63, 3.8) is 0 Å². The first-order valence-corrected chi connectivity index (χ1v) is 6.90. The number of carboxylic acids is 1. The topological polar surface area (TPSA) is 69.6 Å². The van der Waals surface area contributed by atoms with Crippen molar-refractivity contribution in [3.8, 4) is 0 Å². The minimum atomic E-state index is -0.889. The molecule has 102 valence electrons. The Morgan fingerprint density at radius 2 is 2.06 bits per heavy atom. The molecule has 2 N–H and O–H groups in total. The van der Waals surface area contributed by atoms with Crippen LogP contribution < -0.4 is 5.32 Å². The molecule has 0 spiro atoms. The highest BCUT2D eigenvalue weighted by atomic mass is 16.4. The summed E-state index contributed by atoms with van der Waals surface area (Å²) in [5.74, 6) is -0.314. The number of rotatable bonds is 3. The first-order chi connectivity index (χ1) is 8.68. The molecule has 0 radical (unpaired) electrons. The molecule has 2 fully saturated rings. The Morgan fingerprint density at radius 3 is 2.83 bits per heavy atom. The van der Waals surface area contributed by atoms with Gasteiger partial charge in [-0.3, -0.25) is 9.59 Å². The molecule has 2 aliphatic rings. The van der Waals surface area contributed by atoms with Gasteiger partial charge in [0.05, 0.1) is 6.42 Å². The van der Waals surface area contributed by atoms with Crippen LogP contribution in [-0.2, 0) is 9.59 Å². The average Bonchev–Trinajstić information content (AvgIpc) is 2.58. The predicted molar refractivity (Wildman–Crippen MR) is 67.2 cm³/mol. The summed E-state index contributed by atoms with van der Waals surface area (Å²) < 4.78 is 0. The standard InChI is InChI=1S/C13H22N2O3/c16-12(4-5-13(17)18)15-8-2-1-3-10-9-14-7-6-11(10)15/h10-11,14H,1-9H2,(H,17,18)/t10-,11+/m0/s1. The fraction of sp³-hybridized carbons (Fsp3) is 0.846. The van der Waals surface area contributed by atoms with Crippen molar-refractivity contribution in [2.75, 3.05) is 19.6 Å². The highest BCUT2D eigenvalue weighted by Crippen LogP contribution is 2.27. The molecule has 2 rings (SSSR count). The summed E-state index contributed by atoms with van der Waals surface area (Å²) >= 11 is 0. The van der Waals surface area contributed by atoms with E-state index in [9.17, 15) is 9.59 Å². The number of nitrogens with one attached hydrogen (secondary N) is 1. The van der Waals surface area contributed by atoms with Gasteiger partial charge in [0.1, 0.15) is 0 Å². The van der Waals surface area contributed by atoms with E-state index in [4.69, 9.17) is 5.11 Å². The quantitative estimate of drug-likeness (QED) is 0.783. The van der Waals surface area contributed by atoms with E-state index in [2.05, 4.69) is 5.32 Å². The van der Waals surface area contributed by atoms with E-state index in [1.165, 1.54) is 12.8 Å². The van der Waals surface area contributed by atoms with Crippen LogP contribution in [0.15, 0.2) is 0 Å². The molecular weight excluding hydrogens is 232 g/mol. The lowest BCUT2D eigenvalue weighted by Gasteiger charge is -2.38. The maximum Gasteiger partial charge on any atom is 0.303 e. The molecular formula is C13H22N2O3. The second-order valence-electron chi connectivity index (χ2n) is 5.30. The maximum atomic E-state index is 12.2. The monoisotopic (exact) mass is 254 g/mol. The molecule has 0 aromatic heterocycles. The minimum absolute atomic E-state index is 0.0243. The third-order valence-corrected chi connectivity index (χ3v) is 4.06. The van der Waals surface area contributed by atoms with Gasteiger partial charge >= 0.3 is 5.97 Å². The Bertz CT molecular complexity index is 319. The normalized spacial score (nSPS) is 28.3. The largest absolute Gasteiger partial charge is 0.481 e. The lowest BCUT2D eigenvalue weighted by molar-refractivity contribution is -0.142. The number of amides is 1. The molecule has 2 atom stereocenters. The van der Waals surface area contributed by atoms with Crippen molar-refractivity contribution >= 4 is 11.9 Å². The van der Waals surface area contributed by atoms with Gasteiger partial charge in [0.25, 0.3) is 0 Å². The highest BCUT2D eigenvalue weighted by molar-refractivity contribution is 5.81. The SMILES string of the molecule is O=C(O)CCC(=O)N1CCCC[C@H]2CNCC[C@H]21. The Morgan fingerprint density at radius 1 is 1.22 bits per heavy atom. The van der Waals surface area contributed by atoms with Gasteiger partial charge in [-0.1, -0.05) is 6.42 Å². The number of fused-ring (bicyclic) bond motifs is 1. The third-order valence-electron chi connectivity index (χ3n) is 4.06. The van der Waals surface area contributed by atoms with Gasteiger partial charge in [0, 0.05) is 19.0 Å². The lowest BCUT2D eigenvalue weighted by atomic mass is 9.89. The number of carbonyl (C=O) groups excluding carboxylic acids is 1. The number of hydrogen-bond donors (Lipinski definition) is 2. The molecule has 5 heteroatoms. The fourth-order valence-corrected chi connectivity index (χ4v) is 3.14. The smallest absolute Gasteiger partial charge is 0.303 e. The lowest BCUT2D eigenvalue weighted by Crippen LogP contribution is -2.51. The van der Waals surface area contributed by atoms with E-state index in [-0.39, 0.29) is 18.7 Å². The number of carboxylic acid groups (broad SMARTS) is 1. The van der Waals surface area contributed by atoms with E-state index in [1.807, 2.05) is 4.90 Å². The van der Waals surface area contributed by atoms with Gasteiger partial charge in [-0.05, 0) is 38.3 Å². The van der Waals surface area contributed by atoms with Crippen LogP contribution in [0, 0.1) is 5.92 Å². The van der Waals surface area contributed by atoms with Crippen molar-refractivity contribution in [1.82, 2.24) is 10.2 Å². The zero-order valence-corrected chi connectivity index (χ0v) is 10.7. The van der Waals surface area contributed by atoms with Gasteiger partial charge in [-0.25, -0.2) is 0 Å². The van der Waals surface area contributed by atoms with Gasteiger partial charge in [-0.2, -0.15) is 0 Å². The van der Waals surface area contributed by atoms with E-state index in [1.54, 1.807) is 0 Å². The third kappa shape index (κ3) is 3.22. The zero-order valence-electron chi connectivity index (χ0n) is 10.7. The second-order valence-corrected chi connectivity index (χ2v) is 5.30. The number of aliphatic carboxylic acids is 1. The number of likely N-dealkylation sites (tertiary alicyclic amines) is 1. The zero-order chi connectivity index (χ0) is 13.0. The summed E-state index contributed by atoms with van der Waals surface area (Å²) in [6, 6.07) is 0.329. The molecule has 18 heavy (non-hydrogen) atoms. The van der Waals surface area contributed by atoms with Crippen LogP contribution in [0.4, 0.5) is 0 Å². The van der Waals surface area contributed by atoms with Crippen molar-refractivity contribution in [3.05, 3.63) is 0 Å². The van der Waals surface area contributed by atoms with Gasteiger partial charge in [-0.15, -0.1) is 0 Å². The van der Waals surface area contributed by atoms with Crippen LogP contribution in [-0.4, -0.2) is 47.6 Å². The number of piperidine rings is 1. The number of carbonyl (C=O) groups is 2. The summed E-state index contributed by atoms with van der Waals surface area (Å²) in [5.41, 5.74) is 0. The van der Waals surface area contributed by atoms with Crippen LogP contribution in [0.1, 0.15) is 38.5 Å².